The Balaban J connectivity index is 2.34. The van der Waals surface area contributed by atoms with Crippen LogP contribution in [0, 0.1) is 0 Å². The highest BCUT2D eigenvalue weighted by atomic mass is 32.2. The van der Waals surface area contributed by atoms with Gasteiger partial charge in [-0.05, 0) is 46.8 Å². The zero-order valence-electron chi connectivity index (χ0n) is 14.9. The number of nitrogens with zero attached hydrogens (tertiary/aromatic N) is 2. The summed E-state index contributed by atoms with van der Waals surface area (Å²) in [5, 5.41) is 0. The average molecular weight is 354 g/mol. The van der Waals surface area contributed by atoms with Gasteiger partial charge in [0.1, 0.15) is 5.75 Å². The topological polar surface area (TPSA) is 66.9 Å². The highest BCUT2D eigenvalue weighted by Gasteiger charge is 2.44. The van der Waals surface area contributed by atoms with Gasteiger partial charge < -0.3 is 9.64 Å². The Bertz CT molecular complexity index is 713. The van der Waals surface area contributed by atoms with E-state index in [1.807, 2.05) is 34.6 Å². The molecule has 0 N–H and O–H groups in total. The van der Waals surface area contributed by atoms with Gasteiger partial charge in [0.05, 0.1) is 23.6 Å². The largest absolute Gasteiger partial charge is 0.494 e. The lowest BCUT2D eigenvalue weighted by atomic mass is 9.98. The van der Waals surface area contributed by atoms with Crippen molar-refractivity contribution in [1.29, 1.82) is 0 Å². The molecule has 0 atom stereocenters. The molecular formula is C17H26N2O4S. The predicted molar refractivity (Wildman–Crippen MR) is 92.4 cm³/mol. The number of ether oxygens (including phenoxy) is 1. The van der Waals surface area contributed by atoms with Gasteiger partial charge in [0.25, 0.3) is 0 Å². The van der Waals surface area contributed by atoms with E-state index in [2.05, 4.69) is 0 Å². The first-order valence-corrected chi connectivity index (χ1v) is 9.59. The number of benzene rings is 1. The van der Waals surface area contributed by atoms with Crippen LogP contribution in [0.4, 0.5) is 0 Å². The van der Waals surface area contributed by atoms with E-state index in [1.165, 1.54) is 16.4 Å². The van der Waals surface area contributed by atoms with Gasteiger partial charge in [0.2, 0.25) is 15.9 Å². The summed E-state index contributed by atoms with van der Waals surface area (Å²) in [6.07, 6.45) is 0. The van der Waals surface area contributed by atoms with Crippen LogP contribution in [0.25, 0.3) is 0 Å². The third-order valence-electron chi connectivity index (χ3n) is 4.07. The third-order valence-corrected chi connectivity index (χ3v) is 5.85. The minimum absolute atomic E-state index is 0.0265. The zero-order valence-corrected chi connectivity index (χ0v) is 15.8. The Labute approximate surface area is 144 Å². The van der Waals surface area contributed by atoms with Crippen molar-refractivity contribution in [1.82, 2.24) is 9.21 Å². The Hall–Kier alpha value is -1.60. The Morgan fingerprint density at radius 1 is 1.29 bits per heavy atom. The summed E-state index contributed by atoms with van der Waals surface area (Å²) in [5.74, 6) is 0.329. The van der Waals surface area contributed by atoms with E-state index in [4.69, 9.17) is 4.74 Å². The summed E-state index contributed by atoms with van der Waals surface area (Å²) < 4.78 is 32.6. The van der Waals surface area contributed by atoms with Crippen molar-refractivity contribution in [3.63, 3.8) is 0 Å². The van der Waals surface area contributed by atoms with Gasteiger partial charge in [-0.25, -0.2) is 8.42 Å². The molecule has 0 spiro atoms. The standard InChI is InChI=1S/C17H26N2O4S/c1-6-23-14-8-7-9-15(10-14)24(21,22)18-11-16(20)19(13(2)3)17(4,5)12-18/h7-10,13H,6,11-12H2,1-5H3. The number of carbonyl (C=O) groups excluding carboxylic acids is 1. The van der Waals surface area contributed by atoms with Crippen molar-refractivity contribution in [3.8, 4) is 5.75 Å². The van der Waals surface area contributed by atoms with Gasteiger partial charge in [-0.2, -0.15) is 4.31 Å². The van der Waals surface area contributed by atoms with Gasteiger partial charge >= 0.3 is 0 Å². The molecule has 0 saturated carbocycles. The van der Waals surface area contributed by atoms with Crippen LogP contribution in [0.2, 0.25) is 0 Å². The lowest BCUT2D eigenvalue weighted by molar-refractivity contribution is -0.144. The van der Waals surface area contributed by atoms with Crippen LogP contribution in [0.1, 0.15) is 34.6 Å². The van der Waals surface area contributed by atoms with Crippen LogP contribution in [-0.4, -0.2) is 54.8 Å². The minimum atomic E-state index is -3.75. The fraction of sp³-hybridized carbons (Fsp3) is 0.588. The number of carbonyl (C=O) groups is 1. The number of piperazine rings is 1. The SMILES string of the molecule is CCOc1cccc(S(=O)(=O)N2CC(=O)N(C(C)C)C(C)(C)C2)c1. The van der Waals surface area contributed by atoms with E-state index < -0.39 is 15.6 Å². The van der Waals surface area contributed by atoms with Crippen LogP contribution in [-0.2, 0) is 14.8 Å². The second-order valence-electron chi connectivity index (χ2n) is 6.85. The molecule has 1 saturated heterocycles. The van der Waals surface area contributed by atoms with Crippen LogP contribution < -0.4 is 4.74 Å². The molecule has 24 heavy (non-hydrogen) atoms. The lowest BCUT2D eigenvalue weighted by Gasteiger charge is -2.48. The monoisotopic (exact) mass is 354 g/mol. The second-order valence-corrected chi connectivity index (χ2v) is 8.79. The molecule has 2 rings (SSSR count). The van der Waals surface area contributed by atoms with Gasteiger partial charge in [0, 0.05) is 18.7 Å². The summed E-state index contributed by atoms with van der Waals surface area (Å²) in [5.41, 5.74) is -0.561. The fourth-order valence-electron chi connectivity index (χ4n) is 3.33. The van der Waals surface area contributed by atoms with Crippen molar-refractivity contribution in [3.05, 3.63) is 24.3 Å². The number of amides is 1. The molecule has 1 amide bonds. The summed E-state index contributed by atoms with van der Waals surface area (Å²) in [7, 11) is -3.75. The Kier molecular flexibility index (Phi) is 5.25. The van der Waals surface area contributed by atoms with Gasteiger partial charge in [-0.15, -0.1) is 0 Å². The molecule has 0 unspecified atom stereocenters. The molecule has 134 valence electrons. The number of sulfonamides is 1. The molecule has 0 aliphatic carbocycles. The van der Waals surface area contributed by atoms with E-state index in [0.717, 1.165) is 0 Å². The van der Waals surface area contributed by atoms with Crippen LogP contribution in [0.5, 0.6) is 5.75 Å². The lowest BCUT2D eigenvalue weighted by Crippen LogP contribution is -2.64. The molecule has 1 heterocycles. The van der Waals surface area contributed by atoms with Crippen molar-refractivity contribution in [2.24, 2.45) is 0 Å². The van der Waals surface area contributed by atoms with Gasteiger partial charge in [-0.1, -0.05) is 6.07 Å². The highest BCUT2D eigenvalue weighted by Crippen LogP contribution is 2.29. The van der Waals surface area contributed by atoms with E-state index in [9.17, 15) is 13.2 Å². The second kappa shape index (κ2) is 6.72. The van der Waals surface area contributed by atoms with E-state index in [0.29, 0.717) is 12.4 Å². The first-order chi connectivity index (χ1) is 11.1. The summed E-state index contributed by atoms with van der Waals surface area (Å²) in [6.45, 7) is 10.1. The first kappa shape index (κ1) is 18.7. The molecule has 1 aliphatic heterocycles. The maximum Gasteiger partial charge on any atom is 0.243 e. The van der Waals surface area contributed by atoms with Crippen molar-refractivity contribution in [2.75, 3.05) is 19.7 Å². The molecule has 0 radical (unpaired) electrons. The van der Waals surface area contributed by atoms with Gasteiger partial charge in [-0.3, -0.25) is 4.79 Å². The molecule has 0 bridgehead atoms. The van der Waals surface area contributed by atoms with Crippen molar-refractivity contribution < 1.29 is 17.9 Å². The number of hydrogen-bond donors (Lipinski definition) is 0. The summed E-state index contributed by atoms with van der Waals surface area (Å²) >= 11 is 0. The van der Waals surface area contributed by atoms with Crippen molar-refractivity contribution >= 4 is 15.9 Å². The van der Waals surface area contributed by atoms with E-state index >= 15 is 0 Å². The average Bonchev–Trinajstić information content (AvgIpc) is 2.45. The smallest absolute Gasteiger partial charge is 0.243 e. The van der Waals surface area contributed by atoms with Crippen LogP contribution in [0.3, 0.4) is 0 Å². The number of rotatable bonds is 5. The van der Waals surface area contributed by atoms with Crippen molar-refractivity contribution in [2.45, 2.75) is 51.1 Å². The Morgan fingerprint density at radius 3 is 2.50 bits per heavy atom. The minimum Gasteiger partial charge on any atom is -0.494 e. The Morgan fingerprint density at radius 2 is 1.96 bits per heavy atom. The molecule has 1 fully saturated rings. The quantitative estimate of drug-likeness (QED) is 0.812. The summed E-state index contributed by atoms with van der Waals surface area (Å²) in [6, 6.07) is 6.43. The normalized spacial score (nSPS) is 18.9. The molecular weight excluding hydrogens is 328 g/mol. The zero-order chi connectivity index (χ0) is 18.1. The molecule has 1 aliphatic rings. The predicted octanol–water partition coefficient (Wildman–Crippen LogP) is 2.11. The van der Waals surface area contributed by atoms with Crippen LogP contribution >= 0.6 is 0 Å². The molecule has 1 aromatic rings. The van der Waals surface area contributed by atoms with E-state index in [-0.39, 0.29) is 29.9 Å². The first-order valence-electron chi connectivity index (χ1n) is 8.15. The molecule has 1 aromatic carbocycles. The van der Waals surface area contributed by atoms with Gasteiger partial charge in [0.15, 0.2) is 0 Å². The summed E-state index contributed by atoms with van der Waals surface area (Å²) in [4.78, 5) is 14.4. The van der Waals surface area contributed by atoms with E-state index in [1.54, 1.807) is 17.0 Å². The van der Waals surface area contributed by atoms with Crippen LogP contribution in [0.15, 0.2) is 29.2 Å². The maximum absolute atomic E-state index is 13.0. The fourth-order valence-corrected chi connectivity index (χ4v) is 4.91. The highest BCUT2D eigenvalue weighted by molar-refractivity contribution is 7.89. The molecule has 0 aromatic heterocycles. The molecule has 6 nitrogen and oxygen atoms in total. The molecule has 7 heteroatoms. The maximum atomic E-state index is 13.0. The third kappa shape index (κ3) is 3.57. The number of hydrogen-bond acceptors (Lipinski definition) is 4.